The number of amides is 2. The first-order valence-corrected chi connectivity index (χ1v) is 9.79. The third kappa shape index (κ3) is 3.18. The Morgan fingerprint density at radius 1 is 1.03 bits per heavy atom. The number of imide groups is 1. The minimum absolute atomic E-state index is 0.132. The molecule has 1 saturated carbocycles. The van der Waals surface area contributed by atoms with Crippen LogP contribution in [0.25, 0.3) is 11.6 Å². The zero-order valence-electron chi connectivity index (χ0n) is 16.0. The molecule has 2 amide bonds. The molecule has 1 fully saturated rings. The molecule has 0 unspecified atom stereocenters. The Morgan fingerprint density at radius 3 is 2.52 bits per heavy atom. The van der Waals surface area contributed by atoms with E-state index in [1.807, 2.05) is 36.4 Å². The zero-order chi connectivity index (χ0) is 20.0. The number of pyridine rings is 1. The monoisotopic (exact) mass is 384 g/mol. The van der Waals surface area contributed by atoms with Gasteiger partial charge < -0.3 is 4.42 Å². The summed E-state index contributed by atoms with van der Waals surface area (Å²) in [6.07, 6.45) is 4.54. The molecule has 3 heterocycles. The number of rotatable bonds is 4. The molecule has 0 N–H and O–H groups in total. The van der Waals surface area contributed by atoms with Crippen molar-refractivity contribution >= 4 is 23.5 Å². The van der Waals surface area contributed by atoms with Crippen molar-refractivity contribution < 1.29 is 14.0 Å². The average Bonchev–Trinajstić information content (AvgIpc) is 3.29. The second-order valence-electron chi connectivity index (χ2n) is 7.68. The van der Waals surface area contributed by atoms with Crippen molar-refractivity contribution in [3.8, 4) is 0 Å². The number of hydrogen-bond acceptors (Lipinski definition) is 4. The molecule has 0 spiro atoms. The molecule has 2 atom stereocenters. The van der Waals surface area contributed by atoms with Crippen LogP contribution in [0.3, 0.4) is 0 Å². The molecule has 0 radical (unpaired) electrons. The molecule has 5 rings (SSSR count). The lowest BCUT2D eigenvalue weighted by atomic mass is 9.92. The second-order valence-corrected chi connectivity index (χ2v) is 7.68. The lowest BCUT2D eigenvalue weighted by Gasteiger charge is -2.28. The SMILES string of the molecule is C[C@H]1C[C@@H]1c1ccc(/C=C2\C(=O)N(Cc3ccccn3)C(=O)c3ccccc32)o1. The van der Waals surface area contributed by atoms with E-state index in [4.69, 9.17) is 4.42 Å². The molecular weight excluding hydrogens is 364 g/mol. The van der Waals surface area contributed by atoms with E-state index in [2.05, 4.69) is 11.9 Å². The van der Waals surface area contributed by atoms with Crippen LogP contribution in [0.5, 0.6) is 0 Å². The van der Waals surface area contributed by atoms with Gasteiger partial charge >= 0.3 is 0 Å². The number of aromatic nitrogens is 1. The Kier molecular flexibility index (Phi) is 4.16. The Hall–Kier alpha value is -3.47. The van der Waals surface area contributed by atoms with Gasteiger partial charge in [0.2, 0.25) is 0 Å². The molecule has 1 aliphatic heterocycles. The quantitative estimate of drug-likeness (QED) is 0.490. The topological polar surface area (TPSA) is 63.4 Å². The molecule has 1 aromatic carbocycles. The van der Waals surface area contributed by atoms with Crippen LogP contribution >= 0.6 is 0 Å². The van der Waals surface area contributed by atoms with E-state index < -0.39 is 0 Å². The molecule has 5 nitrogen and oxygen atoms in total. The molecule has 144 valence electrons. The molecule has 5 heteroatoms. The summed E-state index contributed by atoms with van der Waals surface area (Å²) in [6, 6.07) is 16.5. The normalized spacial score (nSPS) is 22.1. The van der Waals surface area contributed by atoms with Crippen LogP contribution in [-0.2, 0) is 11.3 Å². The number of fused-ring (bicyclic) bond motifs is 1. The summed E-state index contributed by atoms with van der Waals surface area (Å²) in [7, 11) is 0. The predicted molar refractivity (Wildman–Crippen MR) is 109 cm³/mol. The summed E-state index contributed by atoms with van der Waals surface area (Å²) in [5, 5.41) is 0. The highest BCUT2D eigenvalue weighted by molar-refractivity contribution is 6.33. The minimum atomic E-state index is -0.336. The van der Waals surface area contributed by atoms with Crippen LogP contribution in [0, 0.1) is 5.92 Å². The van der Waals surface area contributed by atoms with Gasteiger partial charge in [-0.1, -0.05) is 31.2 Å². The molecular formula is C24H20N2O3. The smallest absolute Gasteiger partial charge is 0.261 e. The summed E-state index contributed by atoms with van der Waals surface area (Å²) in [6.45, 7) is 2.33. The van der Waals surface area contributed by atoms with Gasteiger partial charge in [-0.15, -0.1) is 0 Å². The van der Waals surface area contributed by atoms with Crippen LogP contribution in [0.4, 0.5) is 0 Å². The van der Waals surface area contributed by atoms with Gasteiger partial charge in [-0.25, -0.2) is 0 Å². The Labute approximate surface area is 168 Å². The van der Waals surface area contributed by atoms with Gasteiger partial charge in [-0.05, 0) is 48.7 Å². The van der Waals surface area contributed by atoms with E-state index in [0.717, 1.165) is 12.2 Å². The van der Waals surface area contributed by atoms with Gasteiger partial charge in [0.05, 0.1) is 17.8 Å². The number of carbonyl (C=O) groups is 2. The van der Waals surface area contributed by atoms with Crippen molar-refractivity contribution in [1.29, 1.82) is 0 Å². The zero-order valence-corrected chi connectivity index (χ0v) is 16.0. The van der Waals surface area contributed by atoms with Crippen LogP contribution in [0.15, 0.2) is 65.2 Å². The van der Waals surface area contributed by atoms with E-state index in [1.54, 1.807) is 30.5 Å². The molecule has 2 aliphatic rings. The fourth-order valence-corrected chi connectivity index (χ4v) is 3.85. The standard InChI is InChI=1S/C24H20N2O3/c1-15-12-20(15)22-10-9-17(29-22)13-21-18-7-2-3-8-19(18)23(27)26(24(21)28)14-16-6-4-5-11-25-16/h2-11,13,15,20H,12,14H2,1H3/b21-13-/t15-,20-/m0/s1. The highest BCUT2D eigenvalue weighted by Gasteiger charge is 2.37. The average molecular weight is 384 g/mol. The highest BCUT2D eigenvalue weighted by atomic mass is 16.3. The fourth-order valence-electron chi connectivity index (χ4n) is 3.85. The summed E-state index contributed by atoms with van der Waals surface area (Å²) >= 11 is 0. The molecule has 29 heavy (non-hydrogen) atoms. The number of carbonyl (C=O) groups excluding carboxylic acids is 2. The van der Waals surface area contributed by atoms with E-state index in [9.17, 15) is 9.59 Å². The van der Waals surface area contributed by atoms with Crippen LogP contribution < -0.4 is 0 Å². The van der Waals surface area contributed by atoms with Gasteiger partial charge in [0.25, 0.3) is 11.8 Å². The van der Waals surface area contributed by atoms with Crippen LogP contribution in [0.1, 0.15) is 52.4 Å². The number of furan rings is 1. The lowest BCUT2D eigenvalue weighted by molar-refractivity contribution is -0.123. The van der Waals surface area contributed by atoms with Gasteiger partial charge in [-0.3, -0.25) is 19.5 Å². The van der Waals surface area contributed by atoms with Gasteiger partial charge in [0.15, 0.2) is 0 Å². The third-order valence-corrected chi connectivity index (χ3v) is 5.62. The van der Waals surface area contributed by atoms with Gasteiger partial charge in [0, 0.05) is 23.2 Å². The maximum Gasteiger partial charge on any atom is 0.261 e. The van der Waals surface area contributed by atoms with Crippen molar-refractivity contribution in [3.63, 3.8) is 0 Å². The predicted octanol–water partition coefficient (Wildman–Crippen LogP) is 4.52. The van der Waals surface area contributed by atoms with E-state index in [0.29, 0.717) is 40.0 Å². The largest absolute Gasteiger partial charge is 0.461 e. The fraction of sp³-hybridized carbons (Fsp3) is 0.208. The van der Waals surface area contributed by atoms with E-state index >= 15 is 0 Å². The molecule has 0 saturated heterocycles. The molecule has 1 aliphatic carbocycles. The summed E-state index contributed by atoms with van der Waals surface area (Å²) < 4.78 is 5.98. The van der Waals surface area contributed by atoms with Crippen molar-refractivity contribution in [2.24, 2.45) is 5.92 Å². The molecule has 3 aromatic rings. The first kappa shape index (κ1) is 17.6. The van der Waals surface area contributed by atoms with Crippen LogP contribution in [0.2, 0.25) is 0 Å². The Bertz CT molecular complexity index is 1130. The van der Waals surface area contributed by atoms with Gasteiger partial charge in [-0.2, -0.15) is 0 Å². The lowest BCUT2D eigenvalue weighted by Crippen LogP contribution is -2.41. The molecule has 2 aromatic heterocycles. The summed E-state index contributed by atoms with van der Waals surface area (Å²) in [5.41, 5.74) is 2.27. The van der Waals surface area contributed by atoms with Gasteiger partial charge in [0.1, 0.15) is 11.5 Å². The molecule has 0 bridgehead atoms. The van der Waals surface area contributed by atoms with Crippen LogP contribution in [-0.4, -0.2) is 21.7 Å². The highest BCUT2D eigenvalue weighted by Crippen LogP contribution is 2.47. The van der Waals surface area contributed by atoms with E-state index in [-0.39, 0.29) is 18.4 Å². The maximum atomic E-state index is 13.3. The Balaban J connectivity index is 1.54. The van der Waals surface area contributed by atoms with Crippen molar-refractivity contribution in [1.82, 2.24) is 9.88 Å². The number of nitrogens with zero attached hydrogens (tertiary/aromatic N) is 2. The van der Waals surface area contributed by atoms with Crippen molar-refractivity contribution in [2.75, 3.05) is 0 Å². The first-order valence-electron chi connectivity index (χ1n) is 9.79. The third-order valence-electron chi connectivity index (χ3n) is 5.62. The Morgan fingerprint density at radius 2 is 1.79 bits per heavy atom. The first-order chi connectivity index (χ1) is 14.1. The van der Waals surface area contributed by atoms with Crippen molar-refractivity contribution in [3.05, 3.63) is 89.1 Å². The second kappa shape index (κ2) is 6.85. The van der Waals surface area contributed by atoms with Crippen molar-refractivity contribution in [2.45, 2.75) is 25.8 Å². The van der Waals surface area contributed by atoms with E-state index in [1.165, 1.54) is 4.90 Å². The minimum Gasteiger partial charge on any atom is -0.461 e. The summed E-state index contributed by atoms with van der Waals surface area (Å²) in [4.78, 5) is 31.8. The number of hydrogen-bond donors (Lipinski definition) is 0. The summed E-state index contributed by atoms with van der Waals surface area (Å²) in [5.74, 6) is 2.06. The number of benzene rings is 1. The maximum absolute atomic E-state index is 13.3.